The van der Waals surface area contributed by atoms with E-state index in [1.807, 2.05) is 0 Å². The average Bonchev–Trinajstić information content (AvgIpc) is 2.45. The molecule has 0 bridgehead atoms. The number of halogens is 1. The SMILES string of the molecule is CS(=O)(=O)c1ccc(O[C@@H](C(N)=O)c2ccc(F)cc2)cc1. The van der Waals surface area contributed by atoms with Crippen LogP contribution in [0.2, 0.25) is 0 Å². The smallest absolute Gasteiger partial charge is 0.263 e. The molecule has 2 aromatic rings. The van der Waals surface area contributed by atoms with Gasteiger partial charge in [-0.3, -0.25) is 4.79 Å². The van der Waals surface area contributed by atoms with E-state index >= 15 is 0 Å². The maximum atomic E-state index is 12.9. The second-order valence-corrected chi connectivity index (χ2v) is 6.71. The van der Waals surface area contributed by atoms with Gasteiger partial charge in [-0.2, -0.15) is 0 Å². The van der Waals surface area contributed by atoms with Crippen LogP contribution in [0.4, 0.5) is 4.39 Å². The first-order valence-electron chi connectivity index (χ1n) is 6.29. The van der Waals surface area contributed by atoms with Crippen LogP contribution in [0.3, 0.4) is 0 Å². The average molecular weight is 323 g/mol. The monoisotopic (exact) mass is 323 g/mol. The van der Waals surface area contributed by atoms with Crippen molar-refractivity contribution in [1.82, 2.24) is 0 Å². The number of ether oxygens (including phenoxy) is 1. The van der Waals surface area contributed by atoms with E-state index < -0.39 is 27.7 Å². The van der Waals surface area contributed by atoms with E-state index in [-0.39, 0.29) is 10.6 Å². The molecule has 0 unspecified atom stereocenters. The van der Waals surface area contributed by atoms with Crippen LogP contribution in [0, 0.1) is 5.82 Å². The largest absolute Gasteiger partial charge is 0.476 e. The van der Waals surface area contributed by atoms with Crippen molar-refractivity contribution in [2.75, 3.05) is 6.26 Å². The van der Waals surface area contributed by atoms with Gasteiger partial charge in [0.2, 0.25) is 6.10 Å². The normalized spacial score (nSPS) is 12.6. The molecule has 22 heavy (non-hydrogen) atoms. The molecular weight excluding hydrogens is 309 g/mol. The molecule has 2 rings (SSSR count). The summed E-state index contributed by atoms with van der Waals surface area (Å²) in [6.07, 6.45) is -0.00202. The first-order chi connectivity index (χ1) is 10.3. The van der Waals surface area contributed by atoms with Crippen LogP contribution in [0.25, 0.3) is 0 Å². The van der Waals surface area contributed by atoms with Crippen LogP contribution in [-0.2, 0) is 14.6 Å². The molecule has 1 amide bonds. The van der Waals surface area contributed by atoms with Crippen molar-refractivity contribution < 1.29 is 22.3 Å². The molecule has 0 aliphatic carbocycles. The van der Waals surface area contributed by atoms with Gasteiger partial charge in [0.25, 0.3) is 5.91 Å². The fourth-order valence-corrected chi connectivity index (χ4v) is 2.46. The van der Waals surface area contributed by atoms with Crippen molar-refractivity contribution in [3.63, 3.8) is 0 Å². The summed E-state index contributed by atoms with van der Waals surface area (Å²) < 4.78 is 41.2. The lowest BCUT2D eigenvalue weighted by Gasteiger charge is -2.16. The zero-order valence-electron chi connectivity index (χ0n) is 11.7. The molecule has 0 aromatic heterocycles. The number of amides is 1. The second-order valence-electron chi connectivity index (χ2n) is 4.70. The Bertz CT molecular complexity index is 770. The quantitative estimate of drug-likeness (QED) is 0.909. The molecule has 0 heterocycles. The molecule has 2 N–H and O–H groups in total. The number of benzene rings is 2. The fraction of sp³-hybridized carbons (Fsp3) is 0.133. The Kier molecular flexibility index (Phi) is 4.46. The van der Waals surface area contributed by atoms with Crippen LogP contribution in [0.1, 0.15) is 11.7 Å². The molecule has 0 radical (unpaired) electrons. The van der Waals surface area contributed by atoms with E-state index in [0.29, 0.717) is 5.56 Å². The van der Waals surface area contributed by atoms with Gasteiger partial charge in [0.1, 0.15) is 11.6 Å². The van der Waals surface area contributed by atoms with Gasteiger partial charge in [-0.15, -0.1) is 0 Å². The van der Waals surface area contributed by atoms with Crippen molar-refractivity contribution in [1.29, 1.82) is 0 Å². The lowest BCUT2D eigenvalue weighted by molar-refractivity contribution is -0.125. The summed E-state index contributed by atoms with van der Waals surface area (Å²) in [6, 6.07) is 10.8. The van der Waals surface area contributed by atoms with Gasteiger partial charge in [-0.1, -0.05) is 12.1 Å². The highest BCUT2D eigenvalue weighted by Gasteiger charge is 2.20. The van der Waals surface area contributed by atoms with E-state index in [4.69, 9.17) is 10.5 Å². The van der Waals surface area contributed by atoms with Gasteiger partial charge in [0, 0.05) is 11.8 Å². The lowest BCUT2D eigenvalue weighted by atomic mass is 10.1. The Morgan fingerprint density at radius 1 is 1.09 bits per heavy atom. The van der Waals surface area contributed by atoms with Crippen molar-refractivity contribution in [2.45, 2.75) is 11.0 Å². The van der Waals surface area contributed by atoms with E-state index in [0.717, 1.165) is 6.26 Å². The molecule has 1 atom stereocenters. The first kappa shape index (κ1) is 16.0. The zero-order valence-corrected chi connectivity index (χ0v) is 12.5. The maximum Gasteiger partial charge on any atom is 0.263 e. The molecule has 116 valence electrons. The number of carbonyl (C=O) groups excluding carboxylic acids is 1. The summed E-state index contributed by atoms with van der Waals surface area (Å²) in [5.74, 6) is -0.899. The van der Waals surface area contributed by atoms with Crippen molar-refractivity contribution in [3.05, 3.63) is 59.9 Å². The van der Waals surface area contributed by atoms with Gasteiger partial charge in [-0.25, -0.2) is 12.8 Å². The predicted molar refractivity (Wildman–Crippen MR) is 78.5 cm³/mol. The Labute approximate surface area is 127 Å². The minimum absolute atomic E-state index is 0.136. The standard InChI is InChI=1S/C15H14FNO4S/c1-22(19,20)13-8-6-12(7-9-13)21-14(15(17)18)10-2-4-11(16)5-3-10/h2-9,14H,1H3,(H2,17,18)/t14-/m1/s1. The van der Waals surface area contributed by atoms with E-state index in [9.17, 15) is 17.6 Å². The second kappa shape index (κ2) is 6.15. The summed E-state index contributed by atoms with van der Waals surface area (Å²) >= 11 is 0. The van der Waals surface area contributed by atoms with Gasteiger partial charge in [0.05, 0.1) is 4.90 Å². The van der Waals surface area contributed by atoms with Crippen LogP contribution in [-0.4, -0.2) is 20.6 Å². The molecule has 2 aromatic carbocycles. The molecule has 0 saturated heterocycles. The highest BCUT2D eigenvalue weighted by Crippen LogP contribution is 2.23. The van der Waals surface area contributed by atoms with E-state index in [1.54, 1.807) is 0 Å². The van der Waals surface area contributed by atoms with Gasteiger partial charge in [-0.05, 0) is 36.4 Å². The summed E-state index contributed by atoms with van der Waals surface area (Å²) in [6.45, 7) is 0. The molecule has 0 fully saturated rings. The van der Waals surface area contributed by atoms with Crippen molar-refractivity contribution in [3.8, 4) is 5.75 Å². The molecular formula is C15H14FNO4S. The highest BCUT2D eigenvalue weighted by atomic mass is 32.2. The minimum Gasteiger partial charge on any atom is -0.476 e. The fourth-order valence-electron chi connectivity index (χ4n) is 1.83. The Morgan fingerprint density at radius 2 is 1.64 bits per heavy atom. The van der Waals surface area contributed by atoms with Crippen molar-refractivity contribution in [2.24, 2.45) is 5.73 Å². The molecule has 7 heteroatoms. The van der Waals surface area contributed by atoms with Crippen LogP contribution in [0.5, 0.6) is 5.75 Å². The molecule has 0 saturated carbocycles. The topological polar surface area (TPSA) is 86.5 Å². The molecule has 0 aliphatic heterocycles. The number of nitrogens with two attached hydrogens (primary N) is 1. The highest BCUT2D eigenvalue weighted by molar-refractivity contribution is 7.90. The van der Waals surface area contributed by atoms with Crippen molar-refractivity contribution >= 4 is 15.7 Å². The van der Waals surface area contributed by atoms with Crippen LogP contribution in [0.15, 0.2) is 53.4 Å². The number of carbonyl (C=O) groups is 1. The van der Waals surface area contributed by atoms with Gasteiger partial charge in [0.15, 0.2) is 9.84 Å². The summed E-state index contributed by atoms with van der Waals surface area (Å²) in [4.78, 5) is 11.7. The van der Waals surface area contributed by atoms with E-state index in [1.165, 1.54) is 48.5 Å². The van der Waals surface area contributed by atoms with Crippen LogP contribution >= 0.6 is 0 Å². The minimum atomic E-state index is -3.31. The van der Waals surface area contributed by atoms with Crippen LogP contribution < -0.4 is 10.5 Å². The third-order valence-electron chi connectivity index (χ3n) is 2.94. The zero-order chi connectivity index (χ0) is 16.3. The Hall–Kier alpha value is -2.41. The maximum absolute atomic E-state index is 12.9. The number of sulfone groups is 1. The first-order valence-corrected chi connectivity index (χ1v) is 8.18. The number of hydrogen-bond acceptors (Lipinski definition) is 4. The molecule has 5 nitrogen and oxygen atoms in total. The number of primary amides is 1. The van der Waals surface area contributed by atoms with Gasteiger partial charge < -0.3 is 10.5 Å². The summed E-state index contributed by atoms with van der Waals surface area (Å²) in [5, 5.41) is 0. The third kappa shape index (κ3) is 3.82. The Morgan fingerprint density at radius 3 is 2.09 bits per heavy atom. The lowest BCUT2D eigenvalue weighted by Crippen LogP contribution is -2.26. The summed E-state index contributed by atoms with van der Waals surface area (Å²) in [5.41, 5.74) is 5.70. The number of rotatable bonds is 5. The summed E-state index contributed by atoms with van der Waals surface area (Å²) in [7, 11) is -3.31. The Balaban J connectivity index is 2.25. The molecule has 0 aliphatic rings. The number of hydrogen-bond donors (Lipinski definition) is 1. The predicted octanol–water partition coefficient (Wildman–Crippen LogP) is 1.83. The van der Waals surface area contributed by atoms with Gasteiger partial charge >= 0.3 is 0 Å². The molecule has 0 spiro atoms. The van der Waals surface area contributed by atoms with E-state index in [2.05, 4.69) is 0 Å². The third-order valence-corrected chi connectivity index (χ3v) is 4.07.